The first-order chi connectivity index (χ1) is 4.00. The van der Waals surface area contributed by atoms with Crippen molar-refractivity contribution in [2.45, 2.75) is 0 Å². The van der Waals surface area contributed by atoms with E-state index in [1.54, 1.807) is 0 Å². The molecular formula is NiO8S2. The molecule has 0 atom stereocenters. The third kappa shape index (κ3) is 12700. The predicted molar refractivity (Wildman–Crippen MR) is 20.9 cm³/mol. The maximum absolute atomic E-state index is 8.52. The molecule has 0 aromatic carbocycles. The Balaban J connectivity index is -0.000000107. The molecule has 0 saturated heterocycles. The summed E-state index contributed by atoms with van der Waals surface area (Å²) in [4.78, 5) is 0. The molecule has 0 bridgehead atoms. The van der Waals surface area contributed by atoms with E-state index in [4.69, 9.17) is 35.0 Å². The van der Waals surface area contributed by atoms with E-state index in [0.717, 1.165) is 0 Å². The van der Waals surface area contributed by atoms with Gasteiger partial charge in [-0.1, -0.05) is 0 Å². The van der Waals surface area contributed by atoms with E-state index in [2.05, 4.69) is 0 Å². The second-order valence-corrected chi connectivity index (χ2v) is 2.45. The molecule has 0 aliphatic rings. The van der Waals surface area contributed by atoms with Gasteiger partial charge in [-0.2, -0.15) is 0 Å². The Hall–Kier alpha value is 0.234. The Morgan fingerprint density at radius 2 is 0.636 bits per heavy atom. The molecule has 0 amide bonds. The average Bonchev–Trinajstić information content (AvgIpc) is 1.12. The second-order valence-electron chi connectivity index (χ2n) is 0.816. The van der Waals surface area contributed by atoms with Crippen LogP contribution in [0.25, 0.3) is 0 Å². The third-order valence-corrected chi connectivity index (χ3v) is 0. The maximum Gasteiger partial charge on any atom is 4.00 e. The second kappa shape index (κ2) is 5.83. The number of hydrogen-bond acceptors (Lipinski definition) is 8. The van der Waals surface area contributed by atoms with E-state index < -0.39 is 20.8 Å². The molecule has 0 N–H and O–H groups in total. The third-order valence-electron chi connectivity index (χ3n) is 0. The molecule has 0 aromatic heterocycles. The van der Waals surface area contributed by atoms with Gasteiger partial charge in [0, 0.05) is 20.8 Å². The zero-order valence-corrected chi connectivity index (χ0v) is 7.02. The Labute approximate surface area is 72.7 Å². The summed E-state index contributed by atoms with van der Waals surface area (Å²) in [6.45, 7) is 0. The fraction of sp³-hybridized carbons (Fsp3) is 0. The van der Waals surface area contributed by atoms with Crippen molar-refractivity contribution in [1.29, 1.82) is 0 Å². The Kier molecular flexibility index (Phi) is 9.20. The fourth-order valence-electron chi connectivity index (χ4n) is 0. The van der Waals surface area contributed by atoms with Gasteiger partial charge in [0.05, 0.1) is 0 Å². The van der Waals surface area contributed by atoms with E-state index in [1.165, 1.54) is 0 Å². The molecular weight excluding hydrogens is 251 g/mol. The Morgan fingerprint density at radius 3 is 0.636 bits per heavy atom. The van der Waals surface area contributed by atoms with Crippen molar-refractivity contribution in [3.05, 3.63) is 0 Å². The SMILES string of the molecule is O=S(=O)([O-])[O-].O=S(=O)([O-])[O-].[Ni+4]. The zero-order chi connectivity index (χ0) is 9.00. The topological polar surface area (TPSA) is 161 Å². The number of rotatable bonds is 0. The van der Waals surface area contributed by atoms with E-state index in [9.17, 15) is 0 Å². The van der Waals surface area contributed by atoms with Crippen LogP contribution in [-0.4, -0.2) is 35.0 Å². The van der Waals surface area contributed by atoms with Crippen molar-refractivity contribution < 1.29 is 51.5 Å². The first kappa shape index (κ1) is 17.4. The molecule has 0 fully saturated rings. The summed E-state index contributed by atoms with van der Waals surface area (Å²) in [5, 5.41) is 0. The monoisotopic (exact) mass is 250 g/mol. The van der Waals surface area contributed by atoms with Gasteiger partial charge < -0.3 is 18.2 Å². The zero-order valence-electron chi connectivity index (χ0n) is 4.40. The standard InChI is InChI=1S/Ni.2H2O4S/c;2*1-5(2,3)4/h;2*(H2,1,2,3,4)/q+4;;/p-4. The normalized spacial score (nSPS) is 10.5. The summed E-state index contributed by atoms with van der Waals surface area (Å²) in [5.41, 5.74) is 0. The summed E-state index contributed by atoms with van der Waals surface area (Å²) in [6.07, 6.45) is 0. The first-order valence-corrected chi connectivity index (χ1v) is 4.00. The van der Waals surface area contributed by atoms with Gasteiger partial charge in [-0.05, 0) is 0 Å². The largest absolute Gasteiger partial charge is 4.00 e. The summed E-state index contributed by atoms with van der Waals surface area (Å²) in [7, 11) is -10.3. The van der Waals surface area contributed by atoms with Gasteiger partial charge in [0.25, 0.3) is 0 Å². The first-order valence-electron chi connectivity index (χ1n) is 1.33. The molecule has 0 aromatic rings. The fourth-order valence-corrected chi connectivity index (χ4v) is 0. The van der Waals surface area contributed by atoms with Crippen molar-refractivity contribution in [2.24, 2.45) is 0 Å². The van der Waals surface area contributed by atoms with Crippen molar-refractivity contribution in [3.63, 3.8) is 0 Å². The van der Waals surface area contributed by atoms with Crippen molar-refractivity contribution in [2.75, 3.05) is 0 Å². The summed E-state index contributed by atoms with van der Waals surface area (Å²) in [5.74, 6) is 0. The maximum atomic E-state index is 8.52. The molecule has 11 heteroatoms. The van der Waals surface area contributed by atoms with Crippen LogP contribution in [0.4, 0.5) is 0 Å². The van der Waals surface area contributed by atoms with Crippen LogP contribution >= 0.6 is 0 Å². The van der Waals surface area contributed by atoms with Gasteiger partial charge in [0.2, 0.25) is 0 Å². The molecule has 0 aliphatic heterocycles. The van der Waals surface area contributed by atoms with Crippen LogP contribution in [0.5, 0.6) is 0 Å². The average molecular weight is 251 g/mol. The minimum absolute atomic E-state index is 0. The van der Waals surface area contributed by atoms with Gasteiger partial charge in [0.15, 0.2) is 0 Å². The summed E-state index contributed by atoms with van der Waals surface area (Å²) >= 11 is 0. The molecule has 0 unspecified atom stereocenters. The van der Waals surface area contributed by atoms with Gasteiger partial charge in [0.1, 0.15) is 0 Å². The molecule has 0 aliphatic carbocycles. The van der Waals surface area contributed by atoms with Crippen molar-refractivity contribution in [3.8, 4) is 0 Å². The molecule has 0 rings (SSSR count). The van der Waals surface area contributed by atoms with E-state index in [-0.39, 0.29) is 16.5 Å². The molecule has 8 nitrogen and oxygen atoms in total. The minimum Gasteiger partial charge on any atom is -0.759 e. The van der Waals surface area contributed by atoms with Crippen molar-refractivity contribution in [1.82, 2.24) is 0 Å². The van der Waals surface area contributed by atoms with Crippen LogP contribution in [0.15, 0.2) is 0 Å². The van der Waals surface area contributed by atoms with E-state index in [0.29, 0.717) is 0 Å². The van der Waals surface area contributed by atoms with Crippen LogP contribution in [0, 0.1) is 0 Å². The summed E-state index contributed by atoms with van der Waals surface area (Å²) < 4.78 is 68.2. The molecule has 0 spiro atoms. The van der Waals surface area contributed by atoms with Gasteiger partial charge in [-0.15, -0.1) is 0 Å². The Morgan fingerprint density at radius 1 is 0.636 bits per heavy atom. The quantitative estimate of drug-likeness (QED) is 0.255. The smallest absolute Gasteiger partial charge is 0.759 e. The molecule has 0 radical (unpaired) electrons. The number of hydrogen-bond donors (Lipinski definition) is 0. The van der Waals surface area contributed by atoms with Crippen LogP contribution < -0.4 is 0 Å². The Bertz CT molecular complexity index is 208. The summed E-state index contributed by atoms with van der Waals surface area (Å²) in [6, 6.07) is 0. The van der Waals surface area contributed by atoms with Crippen LogP contribution in [-0.2, 0) is 37.3 Å². The van der Waals surface area contributed by atoms with Crippen LogP contribution in [0.2, 0.25) is 0 Å². The van der Waals surface area contributed by atoms with Crippen LogP contribution in [0.1, 0.15) is 0 Å². The predicted octanol–water partition coefficient (Wildman–Crippen LogP) is -2.68. The van der Waals surface area contributed by atoms with Gasteiger partial charge in [-0.3, -0.25) is 16.8 Å². The van der Waals surface area contributed by atoms with Crippen molar-refractivity contribution >= 4 is 20.8 Å². The molecule has 70 valence electrons. The van der Waals surface area contributed by atoms with Gasteiger partial charge >= 0.3 is 16.5 Å². The van der Waals surface area contributed by atoms with E-state index in [1.807, 2.05) is 0 Å². The minimum atomic E-state index is -5.17. The molecule has 0 heterocycles. The molecule has 0 saturated carbocycles. The van der Waals surface area contributed by atoms with Crippen LogP contribution in [0.3, 0.4) is 0 Å². The van der Waals surface area contributed by atoms with E-state index >= 15 is 0 Å². The van der Waals surface area contributed by atoms with Gasteiger partial charge in [-0.25, -0.2) is 0 Å². The molecule has 11 heavy (non-hydrogen) atoms.